The van der Waals surface area contributed by atoms with E-state index in [1.54, 1.807) is 32.0 Å². The maximum Gasteiger partial charge on any atom is 0.413 e. The Morgan fingerprint density at radius 1 is 0.783 bits per heavy atom. The van der Waals surface area contributed by atoms with Gasteiger partial charge in [0.25, 0.3) is 11.8 Å². The van der Waals surface area contributed by atoms with Crippen molar-refractivity contribution in [1.29, 1.82) is 0 Å². The zero-order chi connectivity index (χ0) is 50.3. The van der Waals surface area contributed by atoms with Crippen LogP contribution in [0.1, 0.15) is 58.8 Å². The molecular formula is C46H58N10O13. The minimum atomic E-state index is -1.42. The van der Waals surface area contributed by atoms with E-state index in [9.17, 15) is 43.5 Å². The van der Waals surface area contributed by atoms with Crippen molar-refractivity contribution in [3.63, 3.8) is 0 Å². The average molecular weight is 959 g/mol. The number of carbonyl (C=O) groups is 8. The summed E-state index contributed by atoms with van der Waals surface area (Å²) in [5.74, 6) is -3.80. The number of hydrogen-bond acceptors (Lipinski definition) is 15. The number of nitrogens with two attached hydrogens (primary N) is 1. The van der Waals surface area contributed by atoms with Gasteiger partial charge >= 0.3 is 6.09 Å². The first-order valence-electron chi connectivity index (χ1n) is 22.1. The van der Waals surface area contributed by atoms with Crippen molar-refractivity contribution < 1.29 is 62.4 Å². The van der Waals surface area contributed by atoms with Crippen molar-refractivity contribution in [2.45, 2.75) is 90.9 Å². The summed E-state index contributed by atoms with van der Waals surface area (Å²) < 4.78 is 23.7. The largest absolute Gasteiger partial charge is 0.444 e. The highest BCUT2D eigenvalue weighted by molar-refractivity contribution is 6.13. The summed E-state index contributed by atoms with van der Waals surface area (Å²) in [4.78, 5) is 110. The highest BCUT2D eigenvalue weighted by Crippen LogP contribution is 2.32. The Kier molecular flexibility index (Phi) is 18.8. The lowest BCUT2D eigenvalue weighted by Gasteiger charge is -2.22. The number of benzene rings is 2. The van der Waals surface area contributed by atoms with Crippen molar-refractivity contribution in [3.8, 4) is 0 Å². The minimum Gasteiger partial charge on any atom is -0.444 e. The van der Waals surface area contributed by atoms with E-state index in [1.807, 2.05) is 29.7 Å². The number of nitrogens with zero attached hydrogens (tertiary/aromatic N) is 4. The van der Waals surface area contributed by atoms with E-state index >= 15 is 0 Å². The van der Waals surface area contributed by atoms with E-state index in [2.05, 4.69) is 31.6 Å². The zero-order valence-electron chi connectivity index (χ0n) is 39.0. The molecule has 23 nitrogen and oxygen atoms in total. The Morgan fingerprint density at radius 3 is 2.10 bits per heavy atom. The van der Waals surface area contributed by atoms with E-state index in [0.717, 1.165) is 10.3 Å². The van der Waals surface area contributed by atoms with E-state index in [1.165, 1.54) is 38.1 Å². The SMILES string of the molecule is CCOCc1nc2c(NC(=O)OCc3ccc(NC(=O)[C@@H](CC(N)=O)NC(=O)[C@H](C)NC(=O)[C@H](C)NC(=O)CCOCCOCCN4C(=O)C=CC4=O)cc3)nc3ccccc3c2n1CC(C)(C)O. The number of ether oxygens (including phenoxy) is 4. The summed E-state index contributed by atoms with van der Waals surface area (Å²) >= 11 is 0. The fourth-order valence-corrected chi connectivity index (χ4v) is 6.81. The Morgan fingerprint density at radius 2 is 1.43 bits per heavy atom. The number of anilines is 2. The molecule has 5 rings (SSSR count). The van der Waals surface area contributed by atoms with Gasteiger partial charge in [-0.15, -0.1) is 0 Å². The van der Waals surface area contributed by atoms with Crippen LogP contribution in [0.2, 0.25) is 0 Å². The first-order valence-corrected chi connectivity index (χ1v) is 22.1. The molecule has 1 aliphatic heterocycles. The zero-order valence-corrected chi connectivity index (χ0v) is 39.0. The van der Waals surface area contributed by atoms with E-state index < -0.39 is 77.6 Å². The molecule has 0 fully saturated rings. The van der Waals surface area contributed by atoms with Crippen LogP contribution in [0.25, 0.3) is 21.9 Å². The molecular weight excluding hydrogens is 901 g/mol. The first kappa shape index (κ1) is 52.6. The molecule has 8 amide bonds. The topological polar surface area (TPSA) is 314 Å². The monoisotopic (exact) mass is 958 g/mol. The van der Waals surface area contributed by atoms with Crippen LogP contribution in [0.4, 0.5) is 16.3 Å². The molecule has 69 heavy (non-hydrogen) atoms. The van der Waals surface area contributed by atoms with Crippen LogP contribution in [0.5, 0.6) is 0 Å². The molecule has 2 aromatic heterocycles. The van der Waals surface area contributed by atoms with Gasteiger partial charge in [-0.3, -0.25) is 43.8 Å². The molecule has 4 aromatic rings. The third kappa shape index (κ3) is 15.6. The number of rotatable bonds is 26. The molecule has 370 valence electrons. The molecule has 8 N–H and O–H groups in total. The van der Waals surface area contributed by atoms with Gasteiger partial charge in [-0.25, -0.2) is 14.8 Å². The quantitative estimate of drug-likeness (QED) is 0.0345. The highest BCUT2D eigenvalue weighted by Gasteiger charge is 2.28. The summed E-state index contributed by atoms with van der Waals surface area (Å²) in [6.45, 7) is 9.16. The fraction of sp³-hybridized carbons (Fsp3) is 0.435. The van der Waals surface area contributed by atoms with Gasteiger partial charge < -0.3 is 55.6 Å². The predicted octanol–water partition coefficient (Wildman–Crippen LogP) is 1.30. The second kappa shape index (κ2) is 24.6. The van der Waals surface area contributed by atoms with Gasteiger partial charge in [0.05, 0.1) is 62.6 Å². The molecule has 0 bridgehead atoms. The lowest BCUT2D eigenvalue weighted by Crippen LogP contribution is -2.55. The van der Waals surface area contributed by atoms with Crippen molar-refractivity contribution in [3.05, 3.63) is 72.1 Å². The molecule has 0 unspecified atom stereocenters. The average Bonchev–Trinajstić information content (AvgIpc) is 3.82. The normalized spacial score (nSPS) is 13.8. The van der Waals surface area contributed by atoms with Gasteiger partial charge in [0.2, 0.25) is 29.5 Å². The molecule has 0 saturated carbocycles. The summed E-state index contributed by atoms with van der Waals surface area (Å²) in [5, 5.41) is 24.2. The van der Waals surface area contributed by atoms with Crippen molar-refractivity contribution >= 4 is 80.9 Å². The summed E-state index contributed by atoms with van der Waals surface area (Å²) in [5.41, 5.74) is 6.72. The van der Waals surface area contributed by atoms with E-state index in [4.69, 9.17) is 29.7 Å². The number of hydrogen-bond donors (Lipinski definition) is 7. The standard InChI is InChI=1S/C46H58N10O13/c1-6-66-25-35-53-39-40(56(35)26-46(4,5)65)31-9-7-8-10-32(31)51-41(39)54-45(64)69-24-29-11-13-30(14-12-29)50-44(63)33(23-34(47)57)52-43(62)28(3)49-42(61)27(2)48-36(58)17-19-67-21-22-68-20-18-55-37(59)15-16-38(55)60/h7-16,27-28,33,65H,6,17-26H2,1-5H3,(H2,47,57)(H,48,58)(H,49,61)(H,50,63)(H,52,62)(H,51,54,64)/t27-,28-,33+/m0/s1. The Bertz CT molecular complexity index is 2540. The summed E-state index contributed by atoms with van der Waals surface area (Å²) in [6.07, 6.45) is 0.897. The number of carbonyl (C=O) groups excluding carboxylic acids is 8. The van der Waals surface area contributed by atoms with Crippen LogP contribution >= 0.6 is 0 Å². The molecule has 0 spiro atoms. The number of fused-ring (bicyclic) bond motifs is 3. The second-order valence-corrected chi connectivity index (χ2v) is 16.5. The van der Waals surface area contributed by atoms with Crippen LogP contribution in [0, 0.1) is 0 Å². The lowest BCUT2D eigenvalue weighted by molar-refractivity contribution is -0.137. The van der Waals surface area contributed by atoms with Crippen LogP contribution in [0.3, 0.4) is 0 Å². The Balaban J connectivity index is 1.07. The van der Waals surface area contributed by atoms with Crippen LogP contribution < -0.4 is 32.3 Å². The molecule has 0 radical (unpaired) electrons. The van der Waals surface area contributed by atoms with Crippen LogP contribution in [0.15, 0.2) is 60.7 Å². The number of nitrogens with one attached hydrogen (secondary N) is 5. The van der Waals surface area contributed by atoms with Gasteiger partial charge in [0.1, 0.15) is 42.7 Å². The third-order valence-corrected chi connectivity index (χ3v) is 10.2. The number of primary amides is 1. The van der Waals surface area contributed by atoms with Crippen molar-refractivity contribution in [2.75, 3.05) is 50.2 Å². The third-order valence-electron chi connectivity index (χ3n) is 10.2. The van der Waals surface area contributed by atoms with Gasteiger partial charge in [0.15, 0.2) is 5.82 Å². The highest BCUT2D eigenvalue weighted by atomic mass is 16.5. The van der Waals surface area contributed by atoms with Gasteiger partial charge in [0, 0.05) is 36.3 Å². The van der Waals surface area contributed by atoms with Crippen molar-refractivity contribution in [2.24, 2.45) is 5.73 Å². The Labute approximate surface area is 396 Å². The molecule has 2 aromatic carbocycles. The number of aliphatic hydroxyl groups is 1. The molecule has 0 aliphatic carbocycles. The fourth-order valence-electron chi connectivity index (χ4n) is 6.81. The number of amides is 8. The maximum atomic E-state index is 13.3. The van der Waals surface area contributed by atoms with Crippen molar-refractivity contribution in [1.82, 2.24) is 35.4 Å². The number of para-hydroxylation sites is 1. The summed E-state index contributed by atoms with van der Waals surface area (Å²) in [7, 11) is 0. The number of imidazole rings is 1. The second-order valence-electron chi connectivity index (χ2n) is 16.5. The number of aromatic nitrogens is 3. The summed E-state index contributed by atoms with van der Waals surface area (Å²) in [6, 6.07) is 9.89. The molecule has 3 heterocycles. The Hall–Kier alpha value is -7.34. The maximum absolute atomic E-state index is 13.3. The predicted molar refractivity (Wildman–Crippen MR) is 249 cm³/mol. The number of imide groups is 1. The molecule has 1 aliphatic rings. The number of pyridine rings is 1. The molecule has 0 saturated heterocycles. The van der Waals surface area contributed by atoms with Gasteiger partial charge in [-0.2, -0.15) is 0 Å². The smallest absolute Gasteiger partial charge is 0.413 e. The lowest BCUT2D eigenvalue weighted by atomic mass is 10.1. The van der Waals surface area contributed by atoms with Gasteiger partial charge in [-0.1, -0.05) is 30.3 Å². The van der Waals surface area contributed by atoms with Crippen LogP contribution in [-0.2, 0) is 72.3 Å². The minimum absolute atomic E-state index is 0.0167. The van der Waals surface area contributed by atoms with E-state index in [0.29, 0.717) is 34.5 Å². The van der Waals surface area contributed by atoms with Crippen LogP contribution in [-0.4, -0.2) is 135 Å². The molecule has 23 heteroatoms. The molecule has 3 atom stereocenters. The van der Waals surface area contributed by atoms with Gasteiger partial charge in [-0.05, 0) is 58.4 Å². The van der Waals surface area contributed by atoms with E-state index in [-0.39, 0.29) is 70.7 Å². The first-order chi connectivity index (χ1) is 32.8.